The number of rotatable bonds is 6. The van der Waals surface area contributed by atoms with Gasteiger partial charge in [-0.1, -0.05) is 13.0 Å². The van der Waals surface area contributed by atoms with E-state index in [9.17, 15) is 26.7 Å². The maximum absolute atomic E-state index is 13.1. The third kappa shape index (κ3) is 5.87. The summed E-state index contributed by atoms with van der Waals surface area (Å²) in [6.45, 7) is 6.10. The van der Waals surface area contributed by atoms with Crippen LogP contribution >= 0.6 is 0 Å². The molecule has 2 heterocycles. The number of nitrogens with zero attached hydrogens (tertiary/aromatic N) is 3. The van der Waals surface area contributed by atoms with Gasteiger partial charge in [-0.05, 0) is 43.7 Å². The van der Waals surface area contributed by atoms with E-state index >= 15 is 0 Å². The molecule has 0 saturated carbocycles. The van der Waals surface area contributed by atoms with Crippen LogP contribution in [-0.2, 0) is 16.2 Å². The molecule has 0 bridgehead atoms. The molecule has 0 unspecified atom stereocenters. The molecule has 12 heteroatoms. The minimum Gasteiger partial charge on any atom is -0.391 e. The Morgan fingerprint density at radius 2 is 1.97 bits per heavy atom. The van der Waals surface area contributed by atoms with Crippen molar-refractivity contribution < 1.29 is 26.7 Å². The van der Waals surface area contributed by atoms with E-state index in [0.29, 0.717) is 24.3 Å². The second-order valence-electron chi connectivity index (χ2n) is 7.89. The summed E-state index contributed by atoms with van der Waals surface area (Å²) in [7, 11) is -3.83. The van der Waals surface area contributed by atoms with Crippen LogP contribution in [-0.4, -0.2) is 66.7 Å². The van der Waals surface area contributed by atoms with Crippen molar-refractivity contribution in [3.63, 3.8) is 0 Å². The Kier molecular flexibility index (Phi) is 6.96. The van der Waals surface area contributed by atoms with E-state index in [1.165, 1.54) is 0 Å². The van der Waals surface area contributed by atoms with Crippen molar-refractivity contribution >= 4 is 21.5 Å². The number of aromatic nitrogens is 2. The van der Waals surface area contributed by atoms with Gasteiger partial charge < -0.3 is 15.3 Å². The number of likely N-dealkylation sites (tertiary alicyclic amines) is 1. The number of piperidine rings is 1. The fourth-order valence-electron chi connectivity index (χ4n) is 3.60. The Hall–Kier alpha value is -2.44. The molecular weight excluding hydrogens is 447 g/mol. The number of halogens is 3. The van der Waals surface area contributed by atoms with Gasteiger partial charge in [-0.15, -0.1) is 10.2 Å². The van der Waals surface area contributed by atoms with Gasteiger partial charge in [0.25, 0.3) is 0 Å². The number of aliphatic hydroxyl groups is 1. The molecule has 0 radical (unpaired) electrons. The van der Waals surface area contributed by atoms with E-state index in [1.807, 2.05) is 6.92 Å². The maximum atomic E-state index is 13.1. The van der Waals surface area contributed by atoms with E-state index in [-0.39, 0.29) is 23.0 Å². The first kappa shape index (κ1) is 24.2. The molecule has 3 N–H and O–H groups in total. The first-order valence-electron chi connectivity index (χ1n) is 10.1. The molecule has 0 spiro atoms. The Morgan fingerprint density at radius 1 is 1.25 bits per heavy atom. The number of likely N-dealkylation sites (N-methyl/N-ethyl adjacent to an activating group) is 1. The highest BCUT2D eigenvalue weighted by molar-refractivity contribution is 7.92. The fraction of sp³-hybridized carbons (Fsp3) is 0.500. The topological polar surface area (TPSA) is 107 Å². The van der Waals surface area contributed by atoms with Crippen LogP contribution in [0, 0.1) is 6.92 Å². The lowest BCUT2D eigenvalue weighted by Crippen LogP contribution is -2.50. The Morgan fingerprint density at radius 3 is 2.56 bits per heavy atom. The van der Waals surface area contributed by atoms with Gasteiger partial charge in [-0.3, -0.25) is 4.72 Å². The molecule has 176 valence electrons. The molecule has 1 aromatic carbocycles. The summed E-state index contributed by atoms with van der Waals surface area (Å²) in [4.78, 5) is 2.20. The number of anilines is 2. The van der Waals surface area contributed by atoms with Gasteiger partial charge in [0.15, 0.2) is 5.82 Å². The normalized spacial score (nSPS) is 20.2. The quantitative estimate of drug-likeness (QED) is 0.592. The lowest BCUT2D eigenvalue weighted by Gasteiger charge is -2.36. The minimum absolute atomic E-state index is 0.167. The molecule has 2 aromatic rings. The van der Waals surface area contributed by atoms with Crippen LogP contribution in [0.5, 0.6) is 0 Å². The van der Waals surface area contributed by atoms with Gasteiger partial charge in [-0.25, -0.2) is 8.42 Å². The lowest BCUT2D eigenvalue weighted by molar-refractivity contribution is -0.137. The highest BCUT2D eigenvalue weighted by Gasteiger charge is 2.32. The SMILES string of the molecule is CCN1CC[C@H](O)[C@@H](Nc2nnc(-c3ccc(C(F)(F)F)cc3NS(C)(=O)=O)cc2C)C1. The zero-order valence-electron chi connectivity index (χ0n) is 17.9. The summed E-state index contributed by atoms with van der Waals surface area (Å²) in [6.07, 6.45) is -3.69. The van der Waals surface area contributed by atoms with Crippen LogP contribution in [0.15, 0.2) is 24.3 Å². The van der Waals surface area contributed by atoms with Gasteiger partial charge in [0.2, 0.25) is 10.0 Å². The van der Waals surface area contributed by atoms with Crippen molar-refractivity contribution in [3.8, 4) is 11.3 Å². The molecule has 1 fully saturated rings. The molecule has 1 aliphatic rings. The summed E-state index contributed by atoms with van der Waals surface area (Å²) in [5.74, 6) is 0.445. The van der Waals surface area contributed by atoms with E-state index in [0.717, 1.165) is 37.5 Å². The van der Waals surface area contributed by atoms with Crippen LogP contribution in [0.25, 0.3) is 11.3 Å². The standard InChI is InChI=1S/C20H26F3N5O3S/c1-4-28-8-7-18(29)17(11-28)24-19-12(2)9-15(25-26-19)14-6-5-13(20(21,22)23)10-16(14)27-32(3,30)31/h5-6,9-10,17-18,27,29H,4,7-8,11H2,1-3H3,(H,24,26)/t17-,18-/m0/s1. The Balaban J connectivity index is 1.92. The molecule has 8 nitrogen and oxygen atoms in total. The van der Waals surface area contributed by atoms with Gasteiger partial charge in [-0.2, -0.15) is 13.2 Å². The summed E-state index contributed by atoms with van der Waals surface area (Å²) < 4.78 is 64.9. The number of hydrogen-bond acceptors (Lipinski definition) is 7. The third-order valence-electron chi connectivity index (χ3n) is 5.33. The van der Waals surface area contributed by atoms with Crippen LogP contribution in [0.2, 0.25) is 0 Å². The Bertz CT molecular complexity index is 1080. The van der Waals surface area contributed by atoms with E-state index < -0.39 is 27.9 Å². The average Bonchev–Trinajstić information content (AvgIpc) is 2.69. The van der Waals surface area contributed by atoms with E-state index in [2.05, 4.69) is 25.1 Å². The summed E-state index contributed by atoms with van der Waals surface area (Å²) >= 11 is 0. The predicted octanol–water partition coefficient (Wildman–Crippen LogP) is 2.71. The number of sulfonamides is 1. The highest BCUT2D eigenvalue weighted by Crippen LogP contribution is 2.36. The average molecular weight is 474 g/mol. The lowest BCUT2D eigenvalue weighted by atomic mass is 10.0. The summed E-state index contributed by atoms with van der Waals surface area (Å²) in [6, 6.07) is 4.13. The molecule has 2 atom stereocenters. The van der Waals surface area contributed by atoms with Crippen molar-refractivity contribution in [1.82, 2.24) is 15.1 Å². The summed E-state index contributed by atoms with van der Waals surface area (Å²) in [5.41, 5.74) is -0.186. The molecule has 1 aliphatic heterocycles. The molecular formula is C20H26F3N5O3S. The number of aliphatic hydroxyl groups excluding tert-OH is 1. The zero-order chi connectivity index (χ0) is 23.7. The number of hydrogen-bond donors (Lipinski definition) is 3. The molecule has 0 aliphatic carbocycles. The number of aryl methyl sites for hydroxylation is 1. The summed E-state index contributed by atoms with van der Waals surface area (Å²) in [5, 5.41) is 21.8. The second-order valence-corrected chi connectivity index (χ2v) is 9.64. The Labute approximate surface area is 184 Å². The zero-order valence-corrected chi connectivity index (χ0v) is 18.8. The van der Waals surface area contributed by atoms with E-state index in [4.69, 9.17) is 0 Å². The molecule has 1 saturated heterocycles. The van der Waals surface area contributed by atoms with Crippen molar-refractivity contribution in [1.29, 1.82) is 0 Å². The molecule has 1 aromatic heterocycles. The van der Waals surface area contributed by atoms with Crippen molar-refractivity contribution in [3.05, 3.63) is 35.4 Å². The van der Waals surface area contributed by atoms with E-state index in [1.54, 1.807) is 13.0 Å². The van der Waals surface area contributed by atoms with Crippen molar-refractivity contribution in [2.45, 2.75) is 38.6 Å². The van der Waals surface area contributed by atoms with Crippen molar-refractivity contribution in [2.75, 3.05) is 35.9 Å². The first-order valence-corrected chi connectivity index (χ1v) is 12.0. The largest absolute Gasteiger partial charge is 0.416 e. The molecule has 0 amide bonds. The number of nitrogens with one attached hydrogen (secondary N) is 2. The monoisotopic (exact) mass is 473 g/mol. The van der Waals surface area contributed by atoms with Crippen LogP contribution < -0.4 is 10.0 Å². The van der Waals surface area contributed by atoms with Crippen LogP contribution in [0.3, 0.4) is 0 Å². The minimum atomic E-state index is -4.63. The first-order chi connectivity index (χ1) is 14.9. The van der Waals surface area contributed by atoms with Crippen molar-refractivity contribution in [2.24, 2.45) is 0 Å². The number of alkyl halides is 3. The maximum Gasteiger partial charge on any atom is 0.416 e. The van der Waals surface area contributed by atoms with Gasteiger partial charge in [0.1, 0.15) is 0 Å². The smallest absolute Gasteiger partial charge is 0.391 e. The fourth-order valence-corrected chi connectivity index (χ4v) is 4.17. The van der Waals surface area contributed by atoms with Crippen LogP contribution in [0.4, 0.5) is 24.7 Å². The second kappa shape index (κ2) is 9.20. The number of benzene rings is 1. The molecule has 32 heavy (non-hydrogen) atoms. The van der Waals surface area contributed by atoms with Crippen LogP contribution in [0.1, 0.15) is 24.5 Å². The van der Waals surface area contributed by atoms with Gasteiger partial charge in [0, 0.05) is 18.7 Å². The third-order valence-corrected chi connectivity index (χ3v) is 5.92. The highest BCUT2D eigenvalue weighted by atomic mass is 32.2. The molecule has 3 rings (SSSR count). The van der Waals surface area contributed by atoms with Gasteiger partial charge in [0.05, 0.1) is 35.3 Å². The van der Waals surface area contributed by atoms with Gasteiger partial charge >= 0.3 is 6.18 Å². The predicted molar refractivity (Wildman–Crippen MR) is 116 cm³/mol.